The highest BCUT2D eigenvalue weighted by Crippen LogP contribution is 2.26. The number of nitrogens with zero attached hydrogens (tertiary/aromatic N) is 4. The maximum atomic E-state index is 12.2. The first-order chi connectivity index (χ1) is 13.2. The second kappa shape index (κ2) is 8.38. The molecule has 0 aliphatic heterocycles. The van der Waals surface area contributed by atoms with Crippen molar-refractivity contribution in [2.24, 2.45) is 0 Å². The monoisotopic (exact) mass is 415 g/mol. The van der Waals surface area contributed by atoms with Crippen LogP contribution in [0.2, 0.25) is 0 Å². The number of rotatable bonds is 6. The summed E-state index contributed by atoms with van der Waals surface area (Å²) >= 11 is 7.35. The molecule has 148 valence electrons. The Kier molecular flexibility index (Phi) is 6.12. The van der Waals surface area contributed by atoms with Crippen molar-refractivity contribution < 1.29 is 4.79 Å². The zero-order chi connectivity index (χ0) is 20.3. The highest BCUT2D eigenvalue weighted by molar-refractivity contribution is 7.71. The normalized spacial score (nSPS) is 11.8. The third-order valence-electron chi connectivity index (χ3n) is 3.90. The van der Waals surface area contributed by atoms with E-state index in [0.29, 0.717) is 11.4 Å². The number of carbonyl (C=O) groups excluding carboxylic acids is 1. The smallest absolute Gasteiger partial charge is 0.234 e. The molecule has 2 aromatic heterocycles. The number of benzene rings is 1. The molecule has 0 fully saturated rings. The van der Waals surface area contributed by atoms with Gasteiger partial charge in [-0.1, -0.05) is 24.3 Å². The highest BCUT2D eigenvalue weighted by Gasteiger charge is 2.18. The van der Waals surface area contributed by atoms with Gasteiger partial charge < -0.3 is 5.32 Å². The number of aromatic nitrogens is 3. The van der Waals surface area contributed by atoms with Crippen LogP contribution in [0.1, 0.15) is 20.8 Å². The lowest BCUT2D eigenvalue weighted by atomic mass is 10.1. The molecule has 0 saturated heterocycles. The van der Waals surface area contributed by atoms with Gasteiger partial charge >= 0.3 is 0 Å². The van der Waals surface area contributed by atoms with Gasteiger partial charge in [-0.25, -0.2) is 4.68 Å². The lowest BCUT2D eigenvalue weighted by Gasteiger charge is -2.23. The Morgan fingerprint density at radius 1 is 1.21 bits per heavy atom. The molecule has 1 N–H and O–H groups in total. The highest BCUT2D eigenvalue weighted by atomic mass is 32.1. The predicted molar refractivity (Wildman–Crippen MR) is 116 cm³/mol. The molecule has 28 heavy (non-hydrogen) atoms. The summed E-state index contributed by atoms with van der Waals surface area (Å²) in [4.78, 5) is 15.2. The van der Waals surface area contributed by atoms with E-state index in [1.165, 1.54) is 0 Å². The van der Waals surface area contributed by atoms with Gasteiger partial charge in [0.15, 0.2) is 5.82 Å². The fourth-order valence-corrected chi connectivity index (χ4v) is 3.85. The summed E-state index contributed by atoms with van der Waals surface area (Å²) in [7, 11) is 1.89. The number of amides is 1. The van der Waals surface area contributed by atoms with E-state index in [9.17, 15) is 4.79 Å². The Morgan fingerprint density at radius 2 is 1.93 bits per heavy atom. The molecule has 0 aliphatic carbocycles. The van der Waals surface area contributed by atoms with Gasteiger partial charge in [0.25, 0.3) is 0 Å². The fraction of sp³-hybridized carbons (Fsp3) is 0.350. The average Bonchev–Trinajstić information content (AvgIpc) is 3.22. The summed E-state index contributed by atoms with van der Waals surface area (Å²) < 4.78 is 4.34. The molecule has 0 atom stereocenters. The van der Waals surface area contributed by atoms with Gasteiger partial charge in [-0.15, -0.1) is 16.4 Å². The van der Waals surface area contributed by atoms with Gasteiger partial charge in [-0.05, 0) is 63.6 Å². The van der Waals surface area contributed by atoms with E-state index in [-0.39, 0.29) is 18.0 Å². The molecular weight excluding hydrogens is 390 g/mol. The summed E-state index contributed by atoms with van der Waals surface area (Å²) in [6, 6.07) is 14.0. The fourth-order valence-electron chi connectivity index (χ4n) is 2.86. The molecule has 3 rings (SSSR count). The molecule has 0 aliphatic rings. The molecule has 0 unspecified atom stereocenters. The van der Waals surface area contributed by atoms with Crippen LogP contribution in [0.4, 0.5) is 0 Å². The lowest BCUT2D eigenvalue weighted by molar-refractivity contribution is -0.123. The Hall–Kier alpha value is -2.29. The lowest BCUT2D eigenvalue weighted by Crippen LogP contribution is -2.45. The van der Waals surface area contributed by atoms with Crippen molar-refractivity contribution in [3.05, 3.63) is 52.6 Å². The van der Waals surface area contributed by atoms with Crippen molar-refractivity contribution in [3.63, 3.8) is 0 Å². The molecule has 1 amide bonds. The first kappa shape index (κ1) is 20.4. The Labute approximate surface area is 174 Å². The number of carbonyl (C=O) groups is 1. The van der Waals surface area contributed by atoms with E-state index in [1.54, 1.807) is 16.0 Å². The molecule has 6 nitrogen and oxygen atoms in total. The number of hydrogen-bond acceptors (Lipinski definition) is 5. The standard InChI is InChI=1S/C20H25N5OS2/c1-20(2,3)21-17(26)13-23(4)14-24-19(27)25(15-9-6-5-7-10-15)18(22-24)16-11-8-12-28-16/h5-12H,13-14H2,1-4H3,(H,21,26). The molecule has 2 heterocycles. The van der Waals surface area contributed by atoms with Gasteiger partial charge in [0, 0.05) is 11.2 Å². The Balaban J connectivity index is 1.89. The molecule has 8 heteroatoms. The Morgan fingerprint density at radius 3 is 2.54 bits per heavy atom. The van der Waals surface area contributed by atoms with E-state index < -0.39 is 0 Å². The van der Waals surface area contributed by atoms with Crippen LogP contribution in [-0.4, -0.2) is 44.3 Å². The summed E-state index contributed by atoms with van der Waals surface area (Å²) in [6.45, 7) is 6.60. The third kappa shape index (κ3) is 4.95. The topological polar surface area (TPSA) is 55.1 Å². The van der Waals surface area contributed by atoms with Crippen LogP contribution >= 0.6 is 23.6 Å². The first-order valence-electron chi connectivity index (χ1n) is 9.03. The van der Waals surface area contributed by atoms with Crippen molar-refractivity contribution >= 4 is 29.5 Å². The van der Waals surface area contributed by atoms with Gasteiger partial charge in [-0.3, -0.25) is 14.3 Å². The summed E-state index contributed by atoms with van der Waals surface area (Å²) in [6.07, 6.45) is 0. The van der Waals surface area contributed by atoms with Crippen molar-refractivity contribution in [3.8, 4) is 16.4 Å². The van der Waals surface area contributed by atoms with E-state index in [1.807, 2.05) is 85.1 Å². The second-order valence-corrected chi connectivity index (χ2v) is 9.02. The van der Waals surface area contributed by atoms with E-state index in [0.717, 1.165) is 16.4 Å². The van der Waals surface area contributed by atoms with Crippen LogP contribution in [0.25, 0.3) is 16.4 Å². The molecule has 0 spiro atoms. The minimum Gasteiger partial charge on any atom is -0.350 e. The number of para-hydroxylation sites is 1. The van der Waals surface area contributed by atoms with Gasteiger partial charge in [-0.2, -0.15) is 0 Å². The largest absolute Gasteiger partial charge is 0.350 e. The minimum atomic E-state index is -0.254. The molecule has 1 aromatic carbocycles. The zero-order valence-electron chi connectivity index (χ0n) is 16.5. The van der Waals surface area contributed by atoms with Crippen LogP contribution < -0.4 is 5.32 Å². The summed E-state index contributed by atoms with van der Waals surface area (Å²) in [5.74, 6) is 0.779. The molecule has 0 bridgehead atoms. The minimum absolute atomic E-state index is 0.0255. The quantitative estimate of drug-likeness (QED) is 0.620. The maximum absolute atomic E-state index is 12.2. The first-order valence-corrected chi connectivity index (χ1v) is 10.3. The predicted octanol–water partition coefficient (Wildman–Crippen LogP) is 3.94. The van der Waals surface area contributed by atoms with E-state index in [4.69, 9.17) is 17.3 Å². The van der Waals surface area contributed by atoms with Crippen molar-refractivity contribution in [2.45, 2.75) is 33.0 Å². The summed E-state index contributed by atoms with van der Waals surface area (Å²) in [5.41, 5.74) is 0.713. The number of hydrogen-bond donors (Lipinski definition) is 1. The van der Waals surface area contributed by atoms with E-state index in [2.05, 4.69) is 5.32 Å². The average molecular weight is 416 g/mol. The summed E-state index contributed by atoms with van der Waals surface area (Å²) in [5, 5.41) is 9.76. The molecule has 0 radical (unpaired) electrons. The van der Waals surface area contributed by atoms with Gasteiger partial charge in [0.1, 0.15) is 0 Å². The van der Waals surface area contributed by atoms with Crippen LogP contribution in [-0.2, 0) is 11.5 Å². The van der Waals surface area contributed by atoms with Crippen LogP contribution in [0.5, 0.6) is 0 Å². The van der Waals surface area contributed by atoms with Crippen LogP contribution in [0, 0.1) is 4.77 Å². The van der Waals surface area contributed by atoms with Crippen molar-refractivity contribution in [1.29, 1.82) is 0 Å². The second-order valence-electron chi connectivity index (χ2n) is 7.71. The van der Waals surface area contributed by atoms with Crippen molar-refractivity contribution in [1.82, 2.24) is 24.6 Å². The Bertz CT molecular complexity index is 984. The SMILES string of the molecule is CN(CC(=O)NC(C)(C)C)Cn1nc(-c2cccs2)n(-c2ccccc2)c1=S. The number of thiophene rings is 1. The van der Waals surface area contributed by atoms with Gasteiger partial charge in [0.2, 0.25) is 10.7 Å². The number of likely N-dealkylation sites (N-methyl/N-ethyl adjacent to an activating group) is 1. The molecule has 0 saturated carbocycles. The maximum Gasteiger partial charge on any atom is 0.234 e. The zero-order valence-corrected chi connectivity index (χ0v) is 18.2. The molecule has 3 aromatic rings. The number of nitrogens with one attached hydrogen (secondary N) is 1. The van der Waals surface area contributed by atoms with Crippen LogP contribution in [0.3, 0.4) is 0 Å². The van der Waals surface area contributed by atoms with Crippen LogP contribution in [0.15, 0.2) is 47.8 Å². The van der Waals surface area contributed by atoms with E-state index >= 15 is 0 Å². The van der Waals surface area contributed by atoms with Gasteiger partial charge in [0.05, 0.1) is 18.1 Å². The molecular formula is C20H25N5OS2. The third-order valence-corrected chi connectivity index (χ3v) is 5.16. The van der Waals surface area contributed by atoms with Crippen molar-refractivity contribution in [2.75, 3.05) is 13.6 Å².